The largest absolute Gasteiger partial charge is 0.513 e. The van der Waals surface area contributed by atoms with Gasteiger partial charge in [0.1, 0.15) is 18.1 Å². The van der Waals surface area contributed by atoms with E-state index in [9.17, 15) is 9.59 Å². The first-order chi connectivity index (χ1) is 16.7. The van der Waals surface area contributed by atoms with Crippen molar-refractivity contribution in [1.29, 1.82) is 0 Å². The van der Waals surface area contributed by atoms with Gasteiger partial charge in [0.2, 0.25) is 0 Å². The van der Waals surface area contributed by atoms with Gasteiger partial charge in [0.15, 0.2) is 5.69 Å². The maximum atomic E-state index is 12.4. The number of esters is 1. The predicted molar refractivity (Wildman–Crippen MR) is 123 cm³/mol. The van der Waals surface area contributed by atoms with Gasteiger partial charge in [-0.3, -0.25) is 0 Å². The summed E-state index contributed by atoms with van der Waals surface area (Å²) >= 11 is 0. The Labute approximate surface area is 195 Å². The van der Waals surface area contributed by atoms with E-state index in [0.717, 1.165) is 22.3 Å². The second-order valence-corrected chi connectivity index (χ2v) is 7.66. The van der Waals surface area contributed by atoms with Gasteiger partial charge in [0.05, 0.1) is 6.61 Å². The number of hydrogen-bond donors (Lipinski definition) is 1. The molecule has 1 aromatic heterocycles. The Morgan fingerprint density at radius 3 is 2.15 bits per heavy atom. The zero-order chi connectivity index (χ0) is 23.5. The molecule has 0 radical (unpaired) electrons. The normalized spacial score (nSPS) is 12.0. The van der Waals surface area contributed by atoms with Gasteiger partial charge in [0.25, 0.3) is 0 Å². The Morgan fingerprint density at radius 1 is 0.853 bits per heavy atom. The van der Waals surface area contributed by atoms with E-state index < -0.39 is 12.1 Å². The zero-order valence-electron chi connectivity index (χ0n) is 18.4. The van der Waals surface area contributed by atoms with Crippen LogP contribution in [0.2, 0.25) is 0 Å². The molecular formula is C26H21N3O5. The molecule has 0 aliphatic heterocycles. The van der Waals surface area contributed by atoms with Crippen LogP contribution in [0.15, 0.2) is 72.8 Å². The highest BCUT2D eigenvalue weighted by Gasteiger charge is 2.29. The zero-order valence-corrected chi connectivity index (χ0v) is 18.4. The third-order valence-corrected chi connectivity index (χ3v) is 5.68. The molecule has 0 spiro atoms. The molecule has 4 aromatic rings. The van der Waals surface area contributed by atoms with Gasteiger partial charge >= 0.3 is 12.1 Å². The van der Waals surface area contributed by atoms with Crippen molar-refractivity contribution < 1.29 is 23.8 Å². The van der Waals surface area contributed by atoms with E-state index in [0.29, 0.717) is 17.0 Å². The van der Waals surface area contributed by atoms with Crippen molar-refractivity contribution in [3.8, 4) is 28.1 Å². The molecule has 1 aliphatic rings. The lowest BCUT2D eigenvalue weighted by atomic mass is 9.98. The van der Waals surface area contributed by atoms with E-state index in [2.05, 4.69) is 39.7 Å². The first-order valence-electron chi connectivity index (χ1n) is 10.9. The summed E-state index contributed by atoms with van der Waals surface area (Å²) < 4.78 is 15.8. The molecule has 8 nitrogen and oxygen atoms in total. The summed E-state index contributed by atoms with van der Waals surface area (Å²) in [6.07, 6.45) is -0.789. The molecule has 0 unspecified atom stereocenters. The van der Waals surface area contributed by atoms with E-state index in [4.69, 9.17) is 14.2 Å². The Balaban J connectivity index is 1.24. The van der Waals surface area contributed by atoms with Gasteiger partial charge < -0.3 is 14.2 Å². The van der Waals surface area contributed by atoms with Crippen LogP contribution in [0.4, 0.5) is 4.79 Å². The first-order valence-corrected chi connectivity index (χ1v) is 10.9. The van der Waals surface area contributed by atoms with Crippen molar-refractivity contribution in [2.45, 2.75) is 12.8 Å². The quantitative estimate of drug-likeness (QED) is 0.323. The number of carbonyl (C=O) groups is 2. The molecule has 8 heteroatoms. The smallest absolute Gasteiger partial charge is 0.461 e. The Kier molecular flexibility index (Phi) is 5.78. The average molecular weight is 455 g/mol. The number of fused-ring (bicyclic) bond motifs is 3. The summed E-state index contributed by atoms with van der Waals surface area (Å²) in [6.45, 7) is 2.12. The number of rotatable bonds is 6. The van der Waals surface area contributed by atoms with E-state index >= 15 is 0 Å². The number of benzene rings is 3. The Hall–Kier alpha value is -4.46. The van der Waals surface area contributed by atoms with Crippen molar-refractivity contribution in [3.63, 3.8) is 0 Å². The summed E-state index contributed by atoms with van der Waals surface area (Å²) in [5.41, 5.74) is 5.64. The maximum absolute atomic E-state index is 12.4. The van der Waals surface area contributed by atoms with Crippen LogP contribution in [-0.4, -0.2) is 40.7 Å². The summed E-state index contributed by atoms with van der Waals surface area (Å²) in [6, 6.07) is 22.8. The molecule has 0 bridgehead atoms. The molecule has 0 saturated carbocycles. The molecule has 0 atom stereocenters. The first kappa shape index (κ1) is 21.4. The van der Waals surface area contributed by atoms with Gasteiger partial charge in [-0.2, -0.15) is 10.3 Å². The molecule has 34 heavy (non-hydrogen) atoms. The second-order valence-electron chi connectivity index (χ2n) is 7.66. The van der Waals surface area contributed by atoms with Gasteiger partial charge in [-0.15, -0.1) is 5.10 Å². The number of ether oxygens (including phenoxy) is 3. The van der Waals surface area contributed by atoms with Crippen molar-refractivity contribution in [3.05, 3.63) is 89.6 Å². The van der Waals surface area contributed by atoms with E-state index in [1.165, 1.54) is 0 Å². The third-order valence-electron chi connectivity index (χ3n) is 5.68. The maximum Gasteiger partial charge on any atom is 0.513 e. The van der Waals surface area contributed by atoms with Crippen molar-refractivity contribution in [2.75, 3.05) is 13.2 Å². The van der Waals surface area contributed by atoms with E-state index in [1.54, 1.807) is 31.2 Å². The number of nitrogens with one attached hydrogen (secondary N) is 1. The molecule has 170 valence electrons. The fourth-order valence-corrected chi connectivity index (χ4v) is 4.17. The van der Waals surface area contributed by atoms with Crippen LogP contribution in [-0.2, 0) is 9.47 Å². The summed E-state index contributed by atoms with van der Waals surface area (Å²) in [4.78, 5) is 24.4. The number of aromatic amines is 1. The van der Waals surface area contributed by atoms with Crippen LogP contribution in [0.1, 0.15) is 34.5 Å². The van der Waals surface area contributed by atoms with Crippen LogP contribution in [0.25, 0.3) is 22.4 Å². The third kappa shape index (κ3) is 4.01. The van der Waals surface area contributed by atoms with Gasteiger partial charge in [-0.1, -0.05) is 48.5 Å². The molecule has 1 N–H and O–H groups in total. The molecule has 0 amide bonds. The lowest BCUT2D eigenvalue weighted by Gasteiger charge is -2.14. The Morgan fingerprint density at radius 2 is 1.50 bits per heavy atom. The highest BCUT2D eigenvalue weighted by Crippen LogP contribution is 2.44. The fraction of sp³-hybridized carbons (Fsp3) is 0.154. The number of hydrogen-bond acceptors (Lipinski definition) is 7. The highest BCUT2D eigenvalue weighted by molar-refractivity contribution is 5.93. The molecule has 1 heterocycles. The van der Waals surface area contributed by atoms with Crippen molar-refractivity contribution >= 4 is 12.1 Å². The molecule has 0 saturated heterocycles. The van der Waals surface area contributed by atoms with Crippen LogP contribution in [0, 0.1) is 0 Å². The van der Waals surface area contributed by atoms with Crippen LogP contribution < -0.4 is 4.74 Å². The van der Waals surface area contributed by atoms with Crippen LogP contribution in [0.5, 0.6) is 5.75 Å². The molecular weight excluding hydrogens is 434 g/mol. The minimum atomic E-state index is -0.789. The number of carbonyl (C=O) groups excluding carboxylic acids is 2. The minimum absolute atomic E-state index is 0.0456. The average Bonchev–Trinajstić information content (AvgIpc) is 3.47. The molecule has 5 rings (SSSR count). The molecule has 1 aliphatic carbocycles. The van der Waals surface area contributed by atoms with Gasteiger partial charge in [0, 0.05) is 11.5 Å². The standard InChI is InChI=1S/C26H21N3O5/c1-2-32-25(30)24-23(27-29-28-24)16-11-13-17(14-12-16)34-26(31)33-15-22-20-9-5-3-7-18(20)19-8-4-6-10-21(19)22/h3-14,22H,2,15H2,1H3,(H,27,28,29). The monoisotopic (exact) mass is 455 g/mol. The van der Waals surface area contributed by atoms with Crippen LogP contribution in [0.3, 0.4) is 0 Å². The van der Waals surface area contributed by atoms with Gasteiger partial charge in [-0.05, 0) is 53.4 Å². The summed E-state index contributed by atoms with van der Waals surface area (Å²) in [5.74, 6) is -0.303. The van der Waals surface area contributed by atoms with Crippen molar-refractivity contribution in [1.82, 2.24) is 15.4 Å². The minimum Gasteiger partial charge on any atom is -0.461 e. The lowest BCUT2D eigenvalue weighted by molar-refractivity contribution is 0.0520. The fourth-order valence-electron chi connectivity index (χ4n) is 4.17. The number of aromatic nitrogens is 3. The lowest BCUT2D eigenvalue weighted by Crippen LogP contribution is -2.15. The van der Waals surface area contributed by atoms with Crippen molar-refractivity contribution in [2.24, 2.45) is 0 Å². The van der Waals surface area contributed by atoms with Crippen LogP contribution >= 0.6 is 0 Å². The Bertz CT molecular complexity index is 1300. The number of nitrogens with zero attached hydrogens (tertiary/aromatic N) is 2. The second kappa shape index (κ2) is 9.19. The topological polar surface area (TPSA) is 103 Å². The van der Waals surface area contributed by atoms with Gasteiger partial charge in [-0.25, -0.2) is 9.59 Å². The molecule has 0 fully saturated rings. The van der Waals surface area contributed by atoms with E-state index in [-0.39, 0.29) is 24.8 Å². The predicted octanol–water partition coefficient (Wildman–Crippen LogP) is 4.98. The van der Waals surface area contributed by atoms with E-state index in [1.807, 2.05) is 24.3 Å². The molecule has 3 aromatic carbocycles. The summed E-state index contributed by atoms with van der Waals surface area (Å²) in [5, 5.41) is 10.3. The highest BCUT2D eigenvalue weighted by atomic mass is 16.7. The SMILES string of the molecule is CCOC(=O)c1n[nH]nc1-c1ccc(OC(=O)OCC2c3ccccc3-c3ccccc32)cc1. The summed E-state index contributed by atoms with van der Waals surface area (Å²) in [7, 11) is 0. The number of H-pyrrole nitrogens is 1.